The molecular weight excluding hydrogens is 312 g/mol. The van der Waals surface area contributed by atoms with E-state index in [2.05, 4.69) is 28.8 Å². The Morgan fingerprint density at radius 2 is 1.56 bits per heavy atom. The summed E-state index contributed by atoms with van der Waals surface area (Å²) in [6, 6.07) is 12.1. The first-order valence-electron chi connectivity index (χ1n) is 9.28. The molecule has 0 atom stereocenters. The van der Waals surface area contributed by atoms with Gasteiger partial charge in [-0.3, -0.25) is 4.79 Å². The molecule has 1 heterocycles. The normalized spacial score (nSPS) is 13.2. The predicted molar refractivity (Wildman–Crippen MR) is 104 cm³/mol. The summed E-state index contributed by atoms with van der Waals surface area (Å²) in [6.07, 6.45) is 3.10. The molecule has 1 aliphatic rings. The summed E-state index contributed by atoms with van der Waals surface area (Å²) in [6.45, 7) is 5.46. The van der Waals surface area contributed by atoms with Crippen molar-refractivity contribution in [1.29, 1.82) is 0 Å². The van der Waals surface area contributed by atoms with E-state index in [1.165, 1.54) is 0 Å². The van der Waals surface area contributed by atoms with Crippen LogP contribution in [-0.2, 0) is 0 Å². The molecule has 0 unspecified atom stereocenters. The Morgan fingerprint density at radius 3 is 2.32 bits per heavy atom. The third kappa shape index (κ3) is 4.18. The summed E-state index contributed by atoms with van der Waals surface area (Å²) in [5, 5.41) is 9.08. The van der Waals surface area contributed by atoms with Gasteiger partial charge in [0, 0.05) is 17.5 Å². The standard InChI is InChI=1S/C20H28N4O/c21-10-3-11-22-12-4-13-23-14-5-15-24-18-9-2-7-16-6-1-8-17(19(16)18)20(24)25/h1-2,6-9,22-23H,3-5,10-15,21H2. The van der Waals surface area contributed by atoms with E-state index in [4.69, 9.17) is 5.73 Å². The summed E-state index contributed by atoms with van der Waals surface area (Å²) in [7, 11) is 0. The van der Waals surface area contributed by atoms with Crippen molar-refractivity contribution in [3.05, 3.63) is 42.0 Å². The van der Waals surface area contributed by atoms with Crippen LogP contribution in [0, 0.1) is 0 Å². The molecule has 0 fully saturated rings. The van der Waals surface area contributed by atoms with E-state index in [1.54, 1.807) is 0 Å². The lowest BCUT2D eigenvalue weighted by molar-refractivity contribution is 0.0993. The maximum Gasteiger partial charge on any atom is 0.258 e. The smallest absolute Gasteiger partial charge is 0.258 e. The van der Waals surface area contributed by atoms with Gasteiger partial charge in [0.25, 0.3) is 5.91 Å². The highest BCUT2D eigenvalue weighted by molar-refractivity contribution is 6.24. The van der Waals surface area contributed by atoms with E-state index in [1.807, 2.05) is 23.1 Å². The number of nitrogens with two attached hydrogens (primary N) is 1. The Kier molecular flexibility index (Phi) is 6.39. The van der Waals surface area contributed by atoms with Gasteiger partial charge in [-0.15, -0.1) is 0 Å². The zero-order valence-corrected chi connectivity index (χ0v) is 14.8. The van der Waals surface area contributed by atoms with Crippen molar-refractivity contribution >= 4 is 22.4 Å². The first-order valence-corrected chi connectivity index (χ1v) is 9.28. The Morgan fingerprint density at radius 1 is 0.880 bits per heavy atom. The molecule has 134 valence electrons. The van der Waals surface area contributed by atoms with E-state index < -0.39 is 0 Å². The minimum absolute atomic E-state index is 0.135. The van der Waals surface area contributed by atoms with E-state index in [0.29, 0.717) is 0 Å². The number of amides is 1. The van der Waals surface area contributed by atoms with Gasteiger partial charge in [-0.1, -0.05) is 24.3 Å². The Hall–Kier alpha value is -1.95. The van der Waals surface area contributed by atoms with Crippen molar-refractivity contribution < 1.29 is 4.79 Å². The molecule has 2 aromatic rings. The highest BCUT2D eigenvalue weighted by atomic mass is 16.2. The number of carbonyl (C=O) groups excluding carboxylic acids is 1. The van der Waals surface area contributed by atoms with Gasteiger partial charge in [0.2, 0.25) is 0 Å². The van der Waals surface area contributed by atoms with Gasteiger partial charge >= 0.3 is 0 Å². The van der Waals surface area contributed by atoms with E-state index in [-0.39, 0.29) is 5.91 Å². The fraction of sp³-hybridized carbons (Fsp3) is 0.450. The molecule has 0 aliphatic carbocycles. The van der Waals surface area contributed by atoms with Crippen LogP contribution < -0.4 is 21.3 Å². The first kappa shape index (κ1) is 17.9. The molecule has 0 spiro atoms. The summed E-state index contributed by atoms with van der Waals surface area (Å²) < 4.78 is 0. The number of hydrogen-bond donors (Lipinski definition) is 3. The topological polar surface area (TPSA) is 70.4 Å². The summed E-state index contributed by atoms with van der Waals surface area (Å²) in [4.78, 5) is 14.6. The zero-order chi connectivity index (χ0) is 17.5. The lowest BCUT2D eigenvalue weighted by Crippen LogP contribution is -2.30. The van der Waals surface area contributed by atoms with Crippen molar-refractivity contribution in [2.24, 2.45) is 5.73 Å². The second-order valence-corrected chi connectivity index (χ2v) is 6.49. The lowest BCUT2D eigenvalue weighted by atomic mass is 10.1. The number of hydrogen-bond acceptors (Lipinski definition) is 4. The maximum atomic E-state index is 12.7. The van der Waals surface area contributed by atoms with Gasteiger partial charge in [-0.05, 0) is 69.5 Å². The molecule has 0 bridgehead atoms. The number of anilines is 1. The molecule has 5 heteroatoms. The number of nitrogens with one attached hydrogen (secondary N) is 2. The minimum atomic E-state index is 0.135. The van der Waals surface area contributed by atoms with Crippen LogP contribution in [0.4, 0.5) is 5.69 Å². The summed E-state index contributed by atoms with van der Waals surface area (Å²) in [5.41, 5.74) is 7.35. The molecule has 0 radical (unpaired) electrons. The van der Waals surface area contributed by atoms with Crippen LogP contribution in [0.3, 0.4) is 0 Å². The fourth-order valence-electron chi connectivity index (χ4n) is 3.38. The van der Waals surface area contributed by atoms with Crippen molar-refractivity contribution in [2.75, 3.05) is 44.2 Å². The Balaban J connectivity index is 1.40. The minimum Gasteiger partial charge on any atom is -0.330 e. The Labute approximate surface area is 149 Å². The molecule has 3 rings (SSSR count). The van der Waals surface area contributed by atoms with Crippen molar-refractivity contribution in [3.8, 4) is 0 Å². The molecule has 2 aromatic carbocycles. The van der Waals surface area contributed by atoms with E-state index in [0.717, 1.165) is 80.6 Å². The SMILES string of the molecule is NCCCNCCCNCCCN1C(=O)c2cccc3cccc1c23. The van der Waals surface area contributed by atoms with Crippen LogP contribution >= 0.6 is 0 Å². The van der Waals surface area contributed by atoms with Crippen LogP contribution in [0.2, 0.25) is 0 Å². The molecule has 25 heavy (non-hydrogen) atoms. The van der Waals surface area contributed by atoms with Crippen LogP contribution in [0.5, 0.6) is 0 Å². The highest BCUT2D eigenvalue weighted by Crippen LogP contribution is 2.36. The molecular formula is C20H28N4O. The molecule has 1 aliphatic heterocycles. The van der Waals surface area contributed by atoms with Gasteiger partial charge in [0.05, 0.1) is 5.69 Å². The fourth-order valence-corrected chi connectivity index (χ4v) is 3.38. The quantitative estimate of drug-likeness (QED) is 0.548. The van der Waals surface area contributed by atoms with Crippen molar-refractivity contribution in [2.45, 2.75) is 19.3 Å². The molecule has 4 N–H and O–H groups in total. The highest BCUT2D eigenvalue weighted by Gasteiger charge is 2.28. The second-order valence-electron chi connectivity index (χ2n) is 6.49. The van der Waals surface area contributed by atoms with Gasteiger partial charge < -0.3 is 21.3 Å². The van der Waals surface area contributed by atoms with Gasteiger partial charge in [-0.25, -0.2) is 0 Å². The third-order valence-electron chi connectivity index (χ3n) is 4.65. The predicted octanol–water partition coefficient (Wildman–Crippen LogP) is 2.11. The number of rotatable bonds is 11. The maximum absolute atomic E-state index is 12.7. The largest absolute Gasteiger partial charge is 0.330 e. The van der Waals surface area contributed by atoms with Crippen LogP contribution in [0.15, 0.2) is 36.4 Å². The average molecular weight is 340 g/mol. The molecule has 1 amide bonds. The average Bonchev–Trinajstić information content (AvgIpc) is 2.91. The van der Waals surface area contributed by atoms with Crippen molar-refractivity contribution in [1.82, 2.24) is 10.6 Å². The molecule has 0 saturated carbocycles. The number of benzene rings is 2. The lowest BCUT2D eigenvalue weighted by Gasteiger charge is -2.17. The third-order valence-corrected chi connectivity index (χ3v) is 4.65. The second kappa shape index (κ2) is 8.94. The van der Waals surface area contributed by atoms with Gasteiger partial charge in [-0.2, -0.15) is 0 Å². The van der Waals surface area contributed by atoms with E-state index >= 15 is 0 Å². The summed E-state index contributed by atoms with van der Waals surface area (Å²) >= 11 is 0. The molecule has 0 saturated heterocycles. The Bertz CT molecular complexity index is 711. The molecule has 5 nitrogen and oxygen atoms in total. The van der Waals surface area contributed by atoms with Crippen LogP contribution in [-0.4, -0.2) is 45.2 Å². The summed E-state index contributed by atoms with van der Waals surface area (Å²) in [5.74, 6) is 0.135. The number of carbonyl (C=O) groups is 1. The van der Waals surface area contributed by atoms with Gasteiger partial charge in [0.1, 0.15) is 0 Å². The van der Waals surface area contributed by atoms with Crippen LogP contribution in [0.25, 0.3) is 10.8 Å². The van der Waals surface area contributed by atoms with Gasteiger partial charge in [0.15, 0.2) is 0 Å². The van der Waals surface area contributed by atoms with E-state index in [9.17, 15) is 4.79 Å². The zero-order valence-electron chi connectivity index (χ0n) is 14.8. The first-order chi connectivity index (χ1) is 12.3. The number of nitrogens with zero attached hydrogens (tertiary/aromatic N) is 1. The van der Waals surface area contributed by atoms with Crippen LogP contribution in [0.1, 0.15) is 29.6 Å². The monoisotopic (exact) mass is 340 g/mol. The van der Waals surface area contributed by atoms with Crippen molar-refractivity contribution in [3.63, 3.8) is 0 Å². The molecule has 0 aromatic heterocycles.